The minimum Gasteiger partial charge on any atom is -0.315 e. The van der Waals surface area contributed by atoms with E-state index in [1.807, 2.05) is 17.5 Å². The molecule has 1 aliphatic heterocycles. The minimum absolute atomic E-state index is 0.0667. The number of piperidine rings is 1. The lowest BCUT2D eigenvalue weighted by atomic mass is 10.1. The van der Waals surface area contributed by atoms with Crippen molar-refractivity contribution in [2.45, 2.75) is 25.3 Å². The molecule has 1 aliphatic rings. The highest BCUT2D eigenvalue weighted by Crippen LogP contribution is 2.10. The molecule has 0 aliphatic carbocycles. The van der Waals surface area contributed by atoms with Crippen LogP contribution in [0.25, 0.3) is 0 Å². The summed E-state index contributed by atoms with van der Waals surface area (Å²) in [4.78, 5) is 1.12. The molecule has 0 radical (unpaired) electrons. The first-order valence-electron chi connectivity index (χ1n) is 5.89. The third-order valence-corrected chi connectivity index (χ3v) is 5.21. The number of nitrogens with one attached hydrogen (secondary N) is 2. The summed E-state index contributed by atoms with van der Waals surface area (Å²) < 4.78 is 26.5. The third-order valence-electron chi connectivity index (χ3n) is 2.84. The van der Waals surface area contributed by atoms with E-state index in [4.69, 9.17) is 0 Å². The molecule has 0 bridgehead atoms. The Hall–Kier alpha value is -0.430. The first-order chi connectivity index (χ1) is 8.16. The molecule has 0 saturated carbocycles. The van der Waals surface area contributed by atoms with Gasteiger partial charge in [0, 0.05) is 17.5 Å². The van der Waals surface area contributed by atoms with Gasteiger partial charge in [-0.3, -0.25) is 0 Å². The summed E-state index contributed by atoms with van der Waals surface area (Å²) in [6.45, 7) is 1.74. The standard InChI is InChI=1S/C11H18N2O2S2/c14-17(15,8-5-11-4-2-7-16-11)13-10-3-1-6-12-9-10/h2,4,7,10,12-13H,1,3,5-6,8-9H2/t10-/m1/s1. The highest BCUT2D eigenvalue weighted by molar-refractivity contribution is 7.89. The molecule has 0 spiro atoms. The lowest BCUT2D eigenvalue weighted by Crippen LogP contribution is -2.46. The van der Waals surface area contributed by atoms with E-state index >= 15 is 0 Å². The van der Waals surface area contributed by atoms with E-state index in [9.17, 15) is 8.42 Å². The molecule has 1 fully saturated rings. The van der Waals surface area contributed by atoms with Gasteiger partial charge in [0.1, 0.15) is 0 Å². The average Bonchev–Trinajstić information content (AvgIpc) is 2.80. The van der Waals surface area contributed by atoms with E-state index in [0.717, 1.165) is 30.8 Å². The molecule has 96 valence electrons. The van der Waals surface area contributed by atoms with Crippen LogP contribution in [0.3, 0.4) is 0 Å². The summed E-state index contributed by atoms with van der Waals surface area (Å²) in [5, 5.41) is 5.17. The Bertz CT molecular complexity index is 422. The Morgan fingerprint density at radius 2 is 2.41 bits per heavy atom. The third kappa shape index (κ3) is 4.39. The maximum atomic E-state index is 11.9. The Labute approximate surface area is 106 Å². The number of hydrogen-bond acceptors (Lipinski definition) is 4. The van der Waals surface area contributed by atoms with E-state index in [1.54, 1.807) is 11.3 Å². The molecule has 6 heteroatoms. The zero-order valence-electron chi connectivity index (χ0n) is 9.69. The van der Waals surface area contributed by atoms with Gasteiger partial charge in [-0.2, -0.15) is 0 Å². The van der Waals surface area contributed by atoms with Crippen molar-refractivity contribution in [3.63, 3.8) is 0 Å². The van der Waals surface area contributed by atoms with Crippen molar-refractivity contribution in [2.75, 3.05) is 18.8 Å². The molecular weight excluding hydrogens is 256 g/mol. The van der Waals surface area contributed by atoms with Crippen LogP contribution in [0.4, 0.5) is 0 Å². The number of aryl methyl sites for hydroxylation is 1. The van der Waals surface area contributed by atoms with Gasteiger partial charge < -0.3 is 5.32 Å². The van der Waals surface area contributed by atoms with Gasteiger partial charge in [0.15, 0.2) is 0 Å². The van der Waals surface area contributed by atoms with E-state index in [-0.39, 0.29) is 11.8 Å². The van der Waals surface area contributed by atoms with E-state index in [0.29, 0.717) is 6.42 Å². The number of thiophene rings is 1. The van der Waals surface area contributed by atoms with Crippen LogP contribution in [0.2, 0.25) is 0 Å². The Balaban J connectivity index is 1.81. The van der Waals surface area contributed by atoms with Crippen LogP contribution in [-0.2, 0) is 16.4 Å². The fourth-order valence-corrected chi connectivity index (χ4v) is 4.11. The fourth-order valence-electron chi connectivity index (χ4n) is 1.96. The number of sulfonamides is 1. The van der Waals surface area contributed by atoms with Crippen LogP contribution in [0, 0.1) is 0 Å². The smallest absolute Gasteiger partial charge is 0.212 e. The topological polar surface area (TPSA) is 58.2 Å². The highest BCUT2D eigenvalue weighted by atomic mass is 32.2. The molecule has 0 aromatic carbocycles. The lowest BCUT2D eigenvalue weighted by Gasteiger charge is -2.23. The van der Waals surface area contributed by atoms with Gasteiger partial charge in [-0.25, -0.2) is 13.1 Å². The van der Waals surface area contributed by atoms with E-state index in [2.05, 4.69) is 10.0 Å². The summed E-state index contributed by atoms with van der Waals surface area (Å²) >= 11 is 1.61. The van der Waals surface area contributed by atoms with Crippen molar-refractivity contribution < 1.29 is 8.42 Å². The predicted molar refractivity (Wildman–Crippen MR) is 70.8 cm³/mol. The van der Waals surface area contributed by atoms with Crippen molar-refractivity contribution in [1.29, 1.82) is 0 Å². The van der Waals surface area contributed by atoms with Crippen molar-refractivity contribution in [3.8, 4) is 0 Å². The molecule has 0 amide bonds. The average molecular weight is 274 g/mol. The maximum Gasteiger partial charge on any atom is 0.212 e. The van der Waals surface area contributed by atoms with Crippen molar-refractivity contribution in [2.24, 2.45) is 0 Å². The predicted octanol–water partition coefficient (Wildman–Crippen LogP) is 0.962. The second-order valence-electron chi connectivity index (χ2n) is 4.31. The Kier molecular flexibility index (Phi) is 4.55. The summed E-state index contributed by atoms with van der Waals surface area (Å²) in [6.07, 6.45) is 2.58. The zero-order valence-corrected chi connectivity index (χ0v) is 11.3. The van der Waals surface area contributed by atoms with Gasteiger partial charge >= 0.3 is 0 Å². The summed E-state index contributed by atoms with van der Waals surface area (Å²) in [5.74, 6) is 0.185. The van der Waals surface area contributed by atoms with Crippen LogP contribution in [0.15, 0.2) is 17.5 Å². The molecule has 1 atom stereocenters. The van der Waals surface area contributed by atoms with Crippen LogP contribution < -0.4 is 10.0 Å². The number of hydrogen-bond donors (Lipinski definition) is 2. The molecule has 2 rings (SSSR count). The second kappa shape index (κ2) is 5.95. The molecule has 0 unspecified atom stereocenters. The molecule has 1 saturated heterocycles. The minimum atomic E-state index is -3.14. The molecule has 4 nitrogen and oxygen atoms in total. The van der Waals surface area contributed by atoms with Crippen molar-refractivity contribution in [3.05, 3.63) is 22.4 Å². The highest BCUT2D eigenvalue weighted by Gasteiger charge is 2.19. The molecule has 2 heterocycles. The van der Waals surface area contributed by atoms with Crippen LogP contribution in [0.1, 0.15) is 17.7 Å². The summed E-state index contributed by atoms with van der Waals surface area (Å²) in [6, 6.07) is 3.99. The van der Waals surface area contributed by atoms with E-state index in [1.165, 1.54) is 0 Å². The number of rotatable bonds is 5. The van der Waals surface area contributed by atoms with E-state index < -0.39 is 10.0 Å². The first-order valence-corrected chi connectivity index (χ1v) is 8.42. The van der Waals surface area contributed by atoms with Gasteiger partial charge in [-0.15, -0.1) is 11.3 Å². The SMILES string of the molecule is O=S(=O)(CCc1cccs1)N[C@@H]1CCCNC1. The fraction of sp³-hybridized carbons (Fsp3) is 0.636. The van der Waals surface area contributed by atoms with Gasteiger partial charge in [-0.05, 0) is 37.3 Å². The first kappa shape index (κ1) is 13.0. The molecule has 2 N–H and O–H groups in total. The summed E-state index contributed by atoms with van der Waals surface area (Å²) in [5.41, 5.74) is 0. The Morgan fingerprint density at radius 3 is 3.06 bits per heavy atom. The zero-order chi connectivity index (χ0) is 12.1. The maximum absolute atomic E-state index is 11.9. The normalized spacial score (nSPS) is 21.5. The molecule has 1 aromatic rings. The largest absolute Gasteiger partial charge is 0.315 e. The van der Waals surface area contributed by atoms with Crippen LogP contribution >= 0.6 is 11.3 Å². The van der Waals surface area contributed by atoms with Gasteiger partial charge in [-0.1, -0.05) is 6.07 Å². The molecular formula is C11H18N2O2S2. The van der Waals surface area contributed by atoms with Gasteiger partial charge in [0.05, 0.1) is 5.75 Å². The summed E-state index contributed by atoms with van der Waals surface area (Å²) in [7, 11) is -3.14. The van der Waals surface area contributed by atoms with Crippen molar-refractivity contribution >= 4 is 21.4 Å². The lowest BCUT2D eigenvalue weighted by molar-refractivity contribution is 0.428. The Morgan fingerprint density at radius 1 is 1.53 bits per heavy atom. The molecule has 1 aromatic heterocycles. The monoisotopic (exact) mass is 274 g/mol. The van der Waals surface area contributed by atoms with Crippen LogP contribution in [-0.4, -0.2) is 33.3 Å². The van der Waals surface area contributed by atoms with Gasteiger partial charge in [0.2, 0.25) is 10.0 Å². The molecule has 17 heavy (non-hydrogen) atoms. The second-order valence-corrected chi connectivity index (χ2v) is 7.22. The van der Waals surface area contributed by atoms with Crippen molar-refractivity contribution in [1.82, 2.24) is 10.0 Å². The van der Waals surface area contributed by atoms with Gasteiger partial charge in [0.25, 0.3) is 0 Å². The quantitative estimate of drug-likeness (QED) is 0.841. The van der Waals surface area contributed by atoms with Crippen LogP contribution in [0.5, 0.6) is 0 Å².